The monoisotopic (exact) mass is 330 g/mol. The van der Waals surface area contributed by atoms with Crippen LogP contribution in [0.4, 0.5) is 10.8 Å². The molecular formula is C16H18N4O2S. The molecule has 7 heteroatoms. The van der Waals surface area contributed by atoms with E-state index in [4.69, 9.17) is 0 Å². The minimum absolute atomic E-state index is 0.0216. The number of aromatic nitrogens is 2. The first-order valence-electron chi connectivity index (χ1n) is 7.57. The van der Waals surface area contributed by atoms with Crippen LogP contribution in [0.5, 0.6) is 0 Å². The lowest BCUT2D eigenvalue weighted by Crippen LogP contribution is -2.24. The van der Waals surface area contributed by atoms with Crippen molar-refractivity contribution in [2.24, 2.45) is 0 Å². The van der Waals surface area contributed by atoms with Crippen molar-refractivity contribution in [3.63, 3.8) is 0 Å². The molecule has 1 unspecified atom stereocenters. The molecule has 1 atom stereocenters. The van der Waals surface area contributed by atoms with Crippen LogP contribution in [0.15, 0.2) is 24.3 Å². The second kappa shape index (κ2) is 6.45. The van der Waals surface area contributed by atoms with Crippen molar-refractivity contribution < 1.29 is 9.59 Å². The Morgan fingerprint density at radius 3 is 2.74 bits per heavy atom. The van der Waals surface area contributed by atoms with E-state index >= 15 is 0 Å². The van der Waals surface area contributed by atoms with Crippen LogP contribution in [0.2, 0.25) is 0 Å². The number of carbonyl (C=O) groups is 2. The van der Waals surface area contributed by atoms with Gasteiger partial charge in [0.25, 0.3) is 0 Å². The maximum atomic E-state index is 12.3. The highest BCUT2D eigenvalue weighted by atomic mass is 32.1. The van der Waals surface area contributed by atoms with Crippen LogP contribution >= 0.6 is 11.3 Å². The number of nitrogens with one attached hydrogen (secondary N) is 1. The summed E-state index contributed by atoms with van der Waals surface area (Å²) in [6.07, 6.45) is 1.40. The van der Waals surface area contributed by atoms with E-state index in [9.17, 15) is 9.59 Å². The van der Waals surface area contributed by atoms with E-state index in [0.29, 0.717) is 18.1 Å². The summed E-state index contributed by atoms with van der Waals surface area (Å²) in [6, 6.07) is 8.08. The number of aryl methyl sites for hydroxylation is 1. The summed E-state index contributed by atoms with van der Waals surface area (Å²) in [5, 5.41) is 12.0. The van der Waals surface area contributed by atoms with Crippen molar-refractivity contribution in [2.75, 3.05) is 16.8 Å². The lowest BCUT2D eigenvalue weighted by atomic mass is 10.1. The molecule has 120 valence electrons. The van der Waals surface area contributed by atoms with Crippen molar-refractivity contribution in [1.82, 2.24) is 10.2 Å². The van der Waals surface area contributed by atoms with Gasteiger partial charge >= 0.3 is 0 Å². The Kier molecular flexibility index (Phi) is 4.38. The van der Waals surface area contributed by atoms with Crippen molar-refractivity contribution in [3.8, 4) is 0 Å². The minimum Gasteiger partial charge on any atom is -0.312 e. The van der Waals surface area contributed by atoms with Gasteiger partial charge in [0.15, 0.2) is 0 Å². The zero-order valence-corrected chi connectivity index (χ0v) is 13.9. The van der Waals surface area contributed by atoms with Gasteiger partial charge in [-0.3, -0.25) is 9.59 Å². The molecule has 1 N–H and O–H groups in total. The first-order valence-corrected chi connectivity index (χ1v) is 8.38. The Labute approximate surface area is 138 Å². The number of hydrogen-bond acceptors (Lipinski definition) is 5. The summed E-state index contributed by atoms with van der Waals surface area (Å²) < 4.78 is 0. The number of amides is 2. The summed E-state index contributed by atoms with van der Waals surface area (Å²) in [6.45, 7) is 4.13. The summed E-state index contributed by atoms with van der Waals surface area (Å²) >= 11 is 1.33. The molecule has 1 aromatic heterocycles. The molecule has 1 saturated heterocycles. The van der Waals surface area contributed by atoms with E-state index in [0.717, 1.165) is 17.1 Å². The molecule has 0 spiro atoms. The van der Waals surface area contributed by atoms with E-state index in [-0.39, 0.29) is 17.7 Å². The number of anilines is 2. The quantitative estimate of drug-likeness (QED) is 0.935. The fourth-order valence-electron chi connectivity index (χ4n) is 2.63. The maximum Gasteiger partial charge on any atom is 0.227 e. The number of nitrogens with zero attached hydrogens (tertiary/aromatic N) is 3. The fraction of sp³-hybridized carbons (Fsp3) is 0.375. The molecule has 2 aromatic rings. The molecule has 0 saturated carbocycles. The van der Waals surface area contributed by atoms with E-state index in [2.05, 4.69) is 34.6 Å². The number of carbonyl (C=O) groups excluding carboxylic acids is 2. The van der Waals surface area contributed by atoms with Gasteiger partial charge in [-0.2, -0.15) is 0 Å². The first kappa shape index (κ1) is 15.6. The van der Waals surface area contributed by atoms with Crippen LogP contribution in [-0.4, -0.2) is 28.6 Å². The third-order valence-corrected chi connectivity index (χ3v) is 4.86. The van der Waals surface area contributed by atoms with Gasteiger partial charge in [0, 0.05) is 31.5 Å². The predicted molar refractivity (Wildman–Crippen MR) is 89.7 cm³/mol. The van der Waals surface area contributed by atoms with Gasteiger partial charge in [0.05, 0.1) is 0 Å². The number of rotatable bonds is 4. The van der Waals surface area contributed by atoms with Crippen LogP contribution in [0.3, 0.4) is 0 Å². The van der Waals surface area contributed by atoms with Gasteiger partial charge in [-0.15, -0.1) is 10.2 Å². The fourth-order valence-corrected chi connectivity index (χ4v) is 3.52. The zero-order valence-electron chi connectivity index (χ0n) is 13.1. The van der Waals surface area contributed by atoms with Crippen LogP contribution in [-0.2, 0) is 16.0 Å². The minimum atomic E-state index is -0.173. The molecule has 0 aliphatic carbocycles. The first-order chi connectivity index (χ1) is 11.1. The van der Waals surface area contributed by atoms with E-state index in [1.165, 1.54) is 23.8 Å². The van der Waals surface area contributed by atoms with Crippen LogP contribution in [0.1, 0.15) is 36.8 Å². The number of benzene rings is 1. The third-order valence-electron chi connectivity index (χ3n) is 3.85. The maximum absolute atomic E-state index is 12.3. The highest BCUT2D eigenvalue weighted by Crippen LogP contribution is 2.34. The summed E-state index contributed by atoms with van der Waals surface area (Å²) in [4.78, 5) is 25.2. The second-order valence-corrected chi connectivity index (χ2v) is 6.56. The normalized spacial score (nSPS) is 17.6. The van der Waals surface area contributed by atoms with Gasteiger partial charge in [-0.25, -0.2) is 0 Å². The molecule has 2 amide bonds. The van der Waals surface area contributed by atoms with E-state index < -0.39 is 0 Å². The third kappa shape index (κ3) is 3.39. The molecule has 0 radical (unpaired) electrons. The molecule has 1 aliphatic heterocycles. The lowest BCUT2D eigenvalue weighted by molar-refractivity contribution is -0.117. The standard InChI is InChI=1S/C16H18N4O2S/c1-3-11-4-6-13(7-5-11)20-9-12(8-14(20)22)15-18-19-16(23-15)17-10(2)21/h4-7,12H,3,8-9H2,1-2H3,(H,17,19,21). The van der Waals surface area contributed by atoms with Crippen molar-refractivity contribution in [1.29, 1.82) is 0 Å². The Morgan fingerprint density at radius 2 is 2.09 bits per heavy atom. The highest BCUT2D eigenvalue weighted by Gasteiger charge is 2.33. The molecule has 23 heavy (non-hydrogen) atoms. The van der Waals surface area contributed by atoms with E-state index in [1.807, 2.05) is 12.1 Å². The van der Waals surface area contributed by atoms with Gasteiger partial charge in [0.2, 0.25) is 16.9 Å². The second-order valence-electron chi connectivity index (χ2n) is 5.55. The van der Waals surface area contributed by atoms with Crippen LogP contribution in [0, 0.1) is 0 Å². The largest absolute Gasteiger partial charge is 0.312 e. The Balaban J connectivity index is 1.73. The van der Waals surface area contributed by atoms with Crippen molar-refractivity contribution >= 4 is 34.0 Å². The van der Waals surface area contributed by atoms with E-state index in [1.54, 1.807) is 4.90 Å². The van der Waals surface area contributed by atoms with Gasteiger partial charge in [0.1, 0.15) is 5.01 Å². The SMILES string of the molecule is CCc1ccc(N2CC(c3nnc(NC(C)=O)s3)CC2=O)cc1. The predicted octanol–water partition coefficient (Wildman–Crippen LogP) is 2.58. The average molecular weight is 330 g/mol. The van der Waals surface area contributed by atoms with Gasteiger partial charge in [-0.1, -0.05) is 30.4 Å². The summed E-state index contributed by atoms with van der Waals surface area (Å²) in [5.74, 6) is -0.0586. The smallest absolute Gasteiger partial charge is 0.227 e. The highest BCUT2D eigenvalue weighted by molar-refractivity contribution is 7.15. The Morgan fingerprint density at radius 1 is 1.35 bits per heavy atom. The molecule has 1 fully saturated rings. The number of hydrogen-bond donors (Lipinski definition) is 1. The molecule has 2 heterocycles. The molecular weight excluding hydrogens is 312 g/mol. The Bertz CT molecular complexity index is 726. The summed E-state index contributed by atoms with van der Waals surface area (Å²) in [7, 11) is 0. The van der Waals surface area contributed by atoms with Crippen molar-refractivity contribution in [3.05, 3.63) is 34.8 Å². The zero-order chi connectivity index (χ0) is 16.4. The molecule has 1 aliphatic rings. The topological polar surface area (TPSA) is 75.2 Å². The van der Waals surface area contributed by atoms with Crippen molar-refractivity contribution in [2.45, 2.75) is 32.6 Å². The molecule has 0 bridgehead atoms. The Hall–Kier alpha value is -2.28. The van der Waals surface area contributed by atoms with Crippen LogP contribution < -0.4 is 10.2 Å². The van der Waals surface area contributed by atoms with Gasteiger partial charge in [-0.05, 0) is 24.1 Å². The molecule has 1 aromatic carbocycles. The molecule has 3 rings (SSSR count). The van der Waals surface area contributed by atoms with Crippen LogP contribution in [0.25, 0.3) is 0 Å². The summed E-state index contributed by atoms with van der Waals surface area (Å²) in [5.41, 5.74) is 2.17. The molecule has 6 nitrogen and oxygen atoms in total. The lowest BCUT2D eigenvalue weighted by Gasteiger charge is -2.16. The van der Waals surface area contributed by atoms with Gasteiger partial charge < -0.3 is 10.2 Å². The average Bonchev–Trinajstić information content (AvgIpc) is 3.13.